The standard InChI is InChI=1S/C13H10BrF2NO2S/c1-8-6-11(14)12(16)7-13(8)17-20(18,19)10-4-2-9(15)3-5-10/h2-7,17H,1H3. The summed E-state index contributed by atoms with van der Waals surface area (Å²) >= 11 is 3.02. The lowest BCUT2D eigenvalue weighted by atomic mass is 10.2. The molecule has 2 aromatic rings. The van der Waals surface area contributed by atoms with Gasteiger partial charge in [-0.25, -0.2) is 17.2 Å². The van der Waals surface area contributed by atoms with Gasteiger partial charge in [-0.2, -0.15) is 0 Å². The maximum atomic E-state index is 13.5. The molecule has 0 spiro atoms. The van der Waals surface area contributed by atoms with Crippen molar-refractivity contribution in [2.45, 2.75) is 11.8 Å². The summed E-state index contributed by atoms with van der Waals surface area (Å²) in [6.07, 6.45) is 0. The zero-order valence-corrected chi connectivity index (χ0v) is 12.7. The predicted octanol–water partition coefficient (Wildman–Crippen LogP) is 3.84. The van der Waals surface area contributed by atoms with Crippen molar-refractivity contribution in [2.75, 3.05) is 4.72 Å². The topological polar surface area (TPSA) is 46.2 Å². The summed E-state index contributed by atoms with van der Waals surface area (Å²) in [7, 11) is -3.88. The molecule has 106 valence electrons. The van der Waals surface area contributed by atoms with Crippen molar-refractivity contribution in [3.8, 4) is 0 Å². The van der Waals surface area contributed by atoms with Gasteiger partial charge in [0, 0.05) is 0 Å². The molecule has 0 fully saturated rings. The van der Waals surface area contributed by atoms with Crippen LogP contribution < -0.4 is 4.72 Å². The fourth-order valence-electron chi connectivity index (χ4n) is 1.57. The van der Waals surface area contributed by atoms with E-state index in [1.807, 2.05) is 0 Å². The van der Waals surface area contributed by atoms with Crippen LogP contribution in [0.4, 0.5) is 14.5 Å². The summed E-state index contributed by atoms with van der Waals surface area (Å²) in [5.74, 6) is -1.11. The van der Waals surface area contributed by atoms with Gasteiger partial charge in [-0.3, -0.25) is 4.72 Å². The number of benzene rings is 2. The fraction of sp³-hybridized carbons (Fsp3) is 0.0769. The van der Waals surface area contributed by atoms with Gasteiger partial charge in [-0.05, 0) is 64.8 Å². The van der Waals surface area contributed by atoms with Crippen LogP contribution in [-0.2, 0) is 10.0 Å². The van der Waals surface area contributed by atoms with E-state index >= 15 is 0 Å². The Bertz CT molecular complexity index is 746. The number of hydrogen-bond acceptors (Lipinski definition) is 2. The van der Waals surface area contributed by atoms with Gasteiger partial charge in [0.15, 0.2) is 0 Å². The number of nitrogens with one attached hydrogen (secondary N) is 1. The maximum absolute atomic E-state index is 13.5. The van der Waals surface area contributed by atoms with Gasteiger partial charge < -0.3 is 0 Å². The van der Waals surface area contributed by atoms with Crippen molar-refractivity contribution in [1.29, 1.82) is 0 Å². The second kappa shape index (κ2) is 5.49. The van der Waals surface area contributed by atoms with E-state index in [9.17, 15) is 17.2 Å². The first-order valence-corrected chi connectivity index (χ1v) is 7.81. The van der Waals surface area contributed by atoms with E-state index in [-0.39, 0.29) is 15.1 Å². The molecule has 0 aliphatic rings. The van der Waals surface area contributed by atoms with E-state index in [4.69, 9.17) is 0 Å². The molecule has 7 heteroatoms. The third kappa shape index (κ3) is 3.16. The van der Waals surface area contributed by atoms with Crippen molar-refractivity contribution in [2.24, 2.45) is 0 Å². The van der Waals surface area contributed by atoms with E-state index in [1.54, 1.807) is 6.92 Å². The normalized spacial score (nSPS) is 11.4. The molecule has 3 nitrogen and oxygen atoms in total. The van der Waals surface area contributed by atoms with Crippen LogP contribution in [0.25, 0.3) is 0 Å². The second-order valence-electron chi connectivity index (χ2n) is 4.14. The molecule has 0 heterocycles. The van der Waals surface area contributed by atoms with E-state index in [0.29, 0.717) is 5.56 Å². The van der Waals surface area contributed by atoms with Gasteiger partial charge in [-0.1, -0.05) is 0 Å². The lowest BCUT2D eigenvalue weighted by Gasteiger charge is -2.11. The first-order valence-electron chi connectivity index (χ1n) is 5.53. The molecule has 20 heavy (non-hydrogen) atoms. The molecule has 0 amide bonds. The van der Waals surface area contributed by atoms with Crippen molar-refractivity contribution < 1.29 is 17.2 Å². The molecule has 2 aromatic carbocycles. The minimum atomic E-state index is -3.88. The Balaban J connectivity index is 2.38. The third-order valence-electron chi connectivity index (χ3n) is 2.64. The molecule has 0 aromatic heterocycles. The predicted molar refractivity (Wildman–Crippen MR) is 76.0 cm³/mol. The number of sulfonamides is 1. The van der Waals surface area contributed by atoms with Gasteiger partial charge in [0.1, 0.15) is 11.6 Å². The Kier molecular flexibility index (Phi) is 4.10. The maximum Gasteiger partial charge on any atom is 0.261 e. The number of hydrogen-bond donors (Lipinski definition) is 1. The molecule has 0 bridgehead atoms. The fourth-order valence-corrected chi connectivity index (χ4v) is 3.15. The van der Waals surface area contributed by atoms with Crippen LogP contribution in [0.15, 0.2) is 45.8 Å². The Morgan fingerprint density at radius 3 is 2.30 bits per heavy atom. The molecule has 1 N–H and O–H groups in total. The molecule has 2 rings (SSSR count). The van der Waals surface area contributed by atoms with Crippen LogP contribution in [0.3, 0.4) is 0 Å². The molecule has 0 aliphatic carbocycles. The Morgan fingerprint density at radius 2 is 1.70 bits per heavy atom. The molecular formula is C13H10BrF2NO2S. The number of halogens is 3. The molecule has 0 aliphatic heterocycles. The van der Waals surface area contributed by atoms with Crippen molar-refractivity contribution in [3.63, 3.8) is 0 Å². The lowest BCUT2D eigenvalue weighted by Crippen LogP contribution is -2.14. The Labute approximate surface area is 123 Å². The summed E-state index contributed by atoms with van der Waals surface area (Å²) in [5.41, 5.74) is 0.694. The highest BCUT2D eigenvalue weighted by Crippen LogP contribution is 2.26. The van der Waals surface area contributed by atoms with Crippen molar-refractivity contribution in [3.05, 3.63) is 58.1 Å². The van der Waals surface area contributed by atoms with E-state index in [1.165, 1.54) is 6.07 Å². The van der Waals surface area contributed by atoms with Crippen LogP contribution in [0, 0.1) is 18.6 Å². The zero-order chi connectivity index (χ0) is 14.9. The summed E-state index contributed by atoms with van der Waals surface area (Å²) in [4.78, 5) is -0.0957. The average molecular weight is 362 g/mol. The zero-order valence-electron chi connectivity index (χ0n) is 10.3. The third-order valence-corrected chi connectivity index (χ3v) is 4.62. The van der Waals surface area contributed by atoms with Crippen molar-refractivity contribution in [1.82, 2.24) is 0 Å². The van der Waals surface area contributed by atoms with E-state index in [2.05, 4.69) is 20.7 Å². The first kappa shape index (κ1) is 14.9. The average Bonchev–Trinajstić information content (AvgIpc) is 2.36. The highest BCUT2D eigenvalue weighted by Gasteiger charge is 2.16. The smallest absolute Gasteiger partial charge is 0.261 e. The van der Waals surface area contributed by atoms with E-state index in [0.717, 1.165) is 30.3 Å². The van der Waals surface area contributed by atoms with Crippen molar-refractivity contribution >= 4 is 31.6 Å². The molecule has 0 radical (unpaired) electrons. The molecular weight excluding hydrogens is 352 g/mol. The number of anilines is 1. The monoisotopic (exact) mass is 361 g/mol. The molecule has 0 saturated carbocycles. The van der Waals surface area contributed by atoms with E-state index < -0.39 is 21.7 Å². The van der Waals surface area contributed by atoms with Crippen LogP contribution in [0.5, 0.6) is 0 Å². The Hall–Kier alpha value is -1.47. The second-order valence-corrected chi connectivity index (χ2v) is 6.68. The number of rotatable bonds is 3. The van der Waals surface area contributed by atoms with Gasteiger partial charge in [-0.15, -0.1) is 0 Å². The van der Waals surface area contributed by atoms with Gasteiger partial charge in [0.25, 0.3) is 10.0 Å². The Morgan fingerprint density at radius 1 is 1.10 bits per heavy atom. The van der Waals surface area contributed by atoms with Gasteiger partial charge in [0.05, 0.1) is 15.1 Å². The first-order chi connectivity index (χ1) is 9.29. The SMILES string of the molecule is Cc1cc(Br)c(F)cc1NS(=O)(=O)c1ccc(F)cc1. The molecule has 0 atom stereocenters. The van der Waals surface area contributed by atoms with Crippen LogP contribution in [0.2, 0.25) is 0 Å². The number of aryl methyl sites for hydroxylation is 1. The highest BCUT2D eigenvalue weighted by molar-refractivity contribution is 9.10. The van der Waals surface area contributed by atoms with Crippen LogP contribution in [0.1, 0.15) is 5.56 Å². The summed E-state index contributed by atoms with van der Waals surface area (Å²) in [6, 6.07) is 6.93. The largest absolute Gasteiger partial charge is 0.279 e. The van der Waals surface area contributed by atoms with Crippen LogP contribution in [-0.4, -0.2) is 8.42 Å². The molecule has 0 unspecified atom stereocenters. The van der Waals surface area contributed by atoms with Gasteiger partial charge in [0.2, 0.25) is 0 Å². The minimum Gasteiger partial charge on any atom is -0.279 e. The highest BCUT2D eigenvalue weighted by atomic mass is 79.9. The summed E-state index contributed by atoms with van der Waals surface area (Å²) < 4.78 is 53.0. The quantitative estimate of drug-likeness (QED) is 0.902. The summed E-state index contributed by atoms with van der Waals surface area (Å²) in [5, 5.41) is 0. The molecule has 0 saturated heterocycles. The summed E-state index contributed by atoms with van der Waals surface area (Å²) in [6.45, 7) is 1.65. The lowest BCUT2D eigenvalue weighted by molar-refractivity contribution is 0.599. The minimum absolute atomic E-state index is 0.0957. The van der Waals surface area contributed by atoms with Gasteiger partial charge >= 0.3 is 0 Å². The van der Waals surface area contributed by atoms with Crippen LogP contribution >= 0.6 is 15.9 Å².